The van der Waals surface area contributed by atoms with Crippen LogP contribution in [0.4, 0.5) is 5.69 Å². The van der Waals surface area contributed by atoms with Crippen molar-refractivity contribution in [2.45, 2.75) is 52.8 Å². The molecule has 1 aliphatic carbocycles. The molecule has 0 saturated heterocycles. The molecular formula is C13H23N3O. The molecule has 1 aromatic rings. The number of anilines is 1. The maximum atomic E-state index is 5.73. The third-order valence-electron chi connectivity index (χ3n) is 3.84. The zero-order valence-corrected chi connectivity index (χ0v) is 11.2. The Balaban J connectivity index is 1.93. The van der Waals surface area contributed by atoms with Gasteiger partial charge in [0, 0.05) is 30.8 Å². The second-order valence-corrected chi connectivity index (χ2v) is 5.28. The largest absolute Gasteiger partial charge is 0.379 e. The van der Waals surface area contributed by atoms with Crippen molar-refractivity contribution in [2.75, 3.05) is 11.9 Å². The molecule has 0 amide bonds. The molecule has 0 aromatic carbocycles. The normalized spacial score (nSPS) is 26.6. The van der Waals surface area contributed by atoms with Crippen molar-refractivity contribution < 1.29 is 4.74 Å². The molecule has 2 rings (SSSR count). The van der Waals surface area contributed by atoms with Crippen LogP contribution >= 0.6 is 0 Å². The lowest BCUT2D eigenvalue weighted by molar-refractivity contribution is -0.0975. The summed E-state index contributed by atoms with van der Waals surface area (Å²) in [5.41, 5.74) is 1.31. The first-order valence-corrected chi connectivity index (χ1v) is 6.48. The number of nitrogens with one attached hydrogen (secondary N) is 1. The van der Waals surface area contributed by atoms with Crippen molar-refractivity contribution in [1.82, 2.24) is 9.78 Å². The molecule has 4 nitrogen and oxygen atoms in total. The molecule has 0 bridgehead atoms. The molecule has 0 aliphatic heterocycles. The summed E-state index contributed by atoms with van der Waals surface area (Å²) in [7, 11) is 0. The van der Waals surface area contributed by atoms with E-state index in [4.69, 9.17) is 4.74 Å². The predicted octanol–water partition coefficient (Wildman–Crippen LogP) is 2.52. The highest BCUT2D eigenvalue weighted by molar-refractivity contribution is 5.41. The predicted molar refractivity (Wildman–Crippen MR) is 69.1 cm³/mol. The molecule has 2 atom stereocenters. The van der Waals surface area contributed by atoms with Crippen molar-refractivity contribution in [2.24, 2.45) is 5.41 Å². The van der Waals surface area contributed by atoms with Gasteiger partial charge >= 0.3 is 0 Å². The second kappa shape index (κ2) is 4.69. The first-order chi connectivity index (χ1) is 8.07. The molecule has 1 aliphatic rings. The van der Waals surface area contributed by atoms with Gasteiger partial charge in [0.25, 0.3) is 0 Å². The maximum Gasteiger partial charge on any atom is 0.0728 e. The molecule has 96 valence electrons. The number of aryl methyl sites for hydroxylation is 1. The molecule has 1 N–H and O–H groups in total. The molecule has 0 spiro atoms. The third-order valence-corrected chi connectivity index (χ3v) is 3.84. The summed E-state index contributed by atoms with van der Waals surface area (Å²) >= 11 is 0. The van der Waals surface area contributed by atoms with Crippen LogP contribution in [0.5, 0.6) is 0 Å². The van der Waals surface area contributed by atoms with Gasteiger partial charge in [-0.25, -0.2) is 0 Å². The quantitative estimate of drug-likeness (QED) is 0.855. The van der Waals surface area contributed by atoms with Crippen LogP contribution < -0.4 is 5.32 Å². The zero-order chi connectivity index (χ0) is 12.5. The topological polar surface area (TPSA) is 39.1 Å². The van der Waals surface area contributed by atoms with Crippen molar-refractivity contribution in [3.8, 4) is 0 Å². The van der Waals surface area contributed by atoms with E-state index in [0.29, 0.717) is 12.1 Å². The standard InChI is InChI=1S/C13H23N3O/c1-5-16-9-10(8-14-16)15-11-7-12(17-6-2)13(11,3)4/h8-9,11-12,15H,5-7H2,1-4H3. The van der Waals surface area contributed by atoms with E-state index in [1.54, 1.807) is 0 Å². The minimum Gasteiger partial charge on any atom is -0.379 e. The van der Waals surface area contributed by atoms with E-state index in [2.05, 4.69) is 44.3 Å². The van der Waals surface area contributed by atoms with Gasteiger partial charge in [-0.15, -0.1) is 0 Å². The summed E-state index contributed by atoms with van der Waals surface area (Å²) < 4.78 is 7.67. The smallest absolute Gasteiger partial charge is 0.0728 e. The van der Waals surface area contributed by atoms with E-state index >= 15 is 0 Å². The van der Waals surface area contributed by atoms with Crippen LogP contribution in [-0.2, 0) is 11.3 Å². The number of hydrogen-bond donors (Lipinski definition) is 1. The number of aromatic nitrogens is 2. The van der Waals surface area contributed by atoms with Gasteiger partial charge in [-0.05, 0) is 20.3 Å². The Kier molecular flexibility index (Phi) is 3.43. The number of ether oxygens (including phenoxy) is 1. The van der Waals surface area contributed by atoms with Crippen molar-refractivity contribution in [3.05, 3.63) is 12.4 Å². The van der Waals surface area contributed by atoms with Gasteiger partial charge in [0.2, 0.25) is 0 Å². The lowest BCUT2D eigenvalue weighted by atomic mass is 9.64. The van der Waals surface area contributed by atoms with Crippen molar-refractivity contribution in [3.63, 3.8) is 0 Å². The average Bonchev–Trinajstić information content (AvgIpc) is 2.75. The molecule has 4 heteroatoms. The molecule has 1 heterocycles. The molecule has 2 unspecified atom stereocenters. The highest BCUT2D eigenvalue weighted by Gasteiger charge is 2.48. The van der Waals surface area contributed by atoms with E-state index in [0.717, 1.165) is 25.3 Å². The molecule has 17 heavy (non-hydrogen) atoms. The fourth-order valence-electron chi connectivity index (χ4n) is 2.43. The van der Waals surface area contributed by atoms with Crippen LogP contribution in [-0.4, -0.2) is 28.5 Å². The summed E-state index contributed by atoms with van der Waals surface area (Å²) in [5, 5.41) is 7.82. The fraction of sp³-hybridized carbons (Fsp3) is 0.769. The second-order valence-electron chi connectivity index (χ2n) is 5.28. The van der Waals surface area contributed by atoms with E-state index in [1.165, 1.54) is 0 Å². The van der Waals surface area contributed by atoms with E-state index in [1.807, 2.05) is 10.9 Å². The Morgan fingerprint density at radius 2 is 2.29 bits per heavy atom. The summed E-state index contributed by atoms with van der Waals surface area (Å²) in [6.07, 6.45) is 5.42. The van der Waals surface area contributed by atoms with Gasteiger partial charge in [-0.1, -0.05) is 13.8 Å². The van der Waals surface area contributed by atoms with Gasteiger partial charge in [0.1, 0.15) is 0 Å². The van der Waals surface area contributed by atoms with Crippen LogP contribution in [0.25, 0.3) is 0 Å². The van der Waals surface area contributed by atoms with Crippen LogP contribution in [0, 0.1) is 5.41 Å². The molecule has 1 saturated carbocycles. The molecule has 0 radical (unpaired) electrons. The Morgan fingerprint density at radius 3 is 2.82 bits per heavy atom. The molecule has 1 aromatic heterocycles. The van der Waals surface area contributed by atoms with Gasteiger partial charge < -0.3 is 10.1 Å². The lowest BCUT2D eigenvalue weighted by Crippen LogP contribution is -2.58. The minimum atomic E-state index is 0.199. The Hall–Kier alpha value is -1.03. The highest BCUT2D eigenvalue weighted by atomic mass is 16.5. The zero-order valence-electron chi connectivity index (χ0n) is 11.2. The average molecular weight is 237 g/mol. The number of hydrogen-bond acceptors (Lipinski definition) is 3. The first-order valence-electron chi connectivity index (χ1n) is 6.48. The van der Waals surface area contributed by atoms with Crippen molar-refractivity contribution in [1.29, 1.82) is 0 Å². The maximum absolute atomic E-state index is 5.73. The van der Waals surface area contributed by atoms with Gasteiger partial charge in [0.05, 0.1) is 18.0 Å². The van der Waals surface area contributed by atoms with Gasteiger partial charge in [-0.2, -0.15) is 5.10 Å². The minimum absolute atomic E-state index is 0.199. The Morgan fingerprint density at radius 1 is 1.53 bits per heavy atom. The van der Waals surface area contributed by atoms with E-state index in [-0.39, 0.29) is 5.41 Å². The third kappa shape index (κ3) is 2.32. The summed E-state index contributed by atoms with van der Waals surface area (Å²) in [6.45, 7) is 10.4. The van der Waals surface area contributed by atoms with Crippen LogP contribution in [0.2, 0.25) is 0 Å². The van der Waals surface area contributed by atoms with Crippen LogP contribution in [0.1, 0.15) is 34.1 Å². The lowest BCUT2D eigenvalue weighted by Gasteiger charge is -2.51. The fourth-order valence-corrected chi connectivity index (χ4v) is 2.43. The molecule has 1 fully saturated rings. The first kappa shape index (κ1) is 12.4. The number of nitrogens with zero attached hydrogens (tertiary/aromatic N) is 2. The van der Waals surface area contributed by atoms with E-state index < -0.39 is 0 Å². The summed E-state index contributed by atoms with van der Waals surface area (Å²) in [6, 6.07) is 0.480. The van der Waals surface area contributed by atoms with Crippen LogP contribution in [0.15, 0.2) is 12.4 Å². The SMILES string of the molecule is CCOC1CC(Nc2cnn(CC)c2)C1(C)C. The van der Waals surface area contributed by atoms with Crippen LogP contribution in [0.3, 0.4) is 0 Å². The summed E-state index contributed by atoms with van der Waals surface area (Å²) in [5.74, 6) is 0. The summed E-state index contributed by atoms with van der Waals surface area (Å²) in [4.78, 5) is 0. The highest BCUT2D eigenvalue weighted by Crippen LogP contribution is 2.44. The monoisotopic (exact) mass is 237 g/mol. The Bertz CT molecular complexity index is 372. The van der Waals surface area contributed by atoms with E-state index in [9.17, 15) is 0 Å². The van der Waals surface area contributed by atoms with Gasteiger partial charge in [0.15, 0.2) is 0 Å². The van der Waals surface area contributed by atoms with Gasteiger partial charge in [-0.3, -0.25) is 4.68 Å². The Labute approximate surface area is 103 Å². The molecular weight excluding hydrogens is 214 g/mol. The van der Waals surface area contributed by atoms with Crippen molar-refractivity contribution >= 4 is 5.69 Å². The number of rotatable bonds is 5.